The maximum absolute atomic E-state index is 4.54. The molecular formula is C21H25N5. The van der Waals surface area contributed by atoms with Crippen LogP contribution < -0.4 is 10.6 Å². The van der Waals surface area contributed by atoms with Crippen LogP contribution in [0.15, 0.2) is 70.7 Å². The lowest BCUT2D eigenvalue weighted by Gasteiger charge is -2.22. The molecule has 0 saturated carbocycles. The van der Waals surface area contributed by atoms with E-state index < -0.39 is 0 Å². The van der Waals surface area contributed by atoms with E-state index in [0.29, 0.717) is 0 Å². The third-order valence-corrected chi connectivity index (χ3v) is 4.93. The molecule has 5 heteroatoms. The Hall–Kier alpha value is -2.78. The van der Waals surface area contributed by atoms with Crippen LogP contribution in [0, 0.1) is 0 Å². The van der Waals surface area contributed by atoms with Gasteiger partial charge in [0.2, 0.25) is 0 Å². The summed E-state index contributed by atoms with van der Waals surface area (Å²) in [5, 5.41) is 7.20. The Morgan fingerprint density at radius 1 is 1.31 bits per heavy atom. The summed E-state index contributed by atoms with van der Waals surface area (Å²) in [5.74, 6) is 3.12. The first-order valence-corrected chi connectivity index (χ1v) is 9.37. The van der Waals surface area contributed by atoms with Crippen molar-refractivity contribution in [2.75, 3.05) is 0 Å². The molecule has 26 heavy (non-hydrogen) atoms. The van der Waals surface area contributed by atoms with E-state index in [9.17, 15) is 0 Å². The van der Waals surface area contributed by atoms with Crippen molar-refractivity contribution in [3.63, 3.8) is 0 Å². The van der Waals surface area contributed by atoms with E-state index in [1.54, 1.807) is 6.20 Å². The van der Waals surface area contributed by atoms with Crippen LogP contribution in [0.5, 0.6) is 0 Å². The van der Waals surface area contributed by atoms with Crippen LogP contribution in [0.4, 0.5) is 0 Å². The lowest BCUT2D eigenvalue weighted by Crippen LogP contribution is -2.26. The molecule has 0 fully saturated rings. The lowest BCUT2D eigenvalue weighted by molar-refractivity contribution is 0.361. The first-order valence-electron chi connectivity index (χ1n) is 9.37. The molecule has 0 amide bonds. The van der Waals surface area contributed by atoms with Crippen LogP contribution >= 0.6 is 0 Å². The van der Waals surface area contributed by atoms with Crippen LogP contribution in [0.2, 0.25) is 0 Å². The molecule has 1 aromatic rings. The van der Waals surface area contributed by atoms with Crippen molar-refractivity contribution in [3.8, 4) is 0 Å². The smallest absolute Gasteiger partial charge is 0.140 e. The molecule has 0 bridgehead atoms. The lowest BCUT2D eigenvalue weighted by atomic mass is 10.0. The van der Waals surface area contributed by atoms with E-state index in [1.165, 1.54) is 36.2 Å². The number of hydrogen-bond acceptors (Lipinski definition) is 5. The standard InChI is InChI=1S/C21H25N5/c1-16-12-24-21-11-19(23-14-17-6-5-9-22-13-17)10-20(15-26(16)21)25-18-7-3-2-4-8-18/h5-7,9-10,13,15,21,23,25H,2-4,8,11,14H2,1H3. The van der Waals surface area contributed by atoms with Gasteiger partial charge in [-0.2, -0.15) is 0 Å². The third-order valence-electron chi connectivity index (χ3n) is 4.93. The molecule has 134 valence electrons. The number of nitrogens with zero attached hydrogens (tertiary/aromatic N) is 3. The molecule has 3 heterocycles. The van der Waals surface area contributed by atoms with Gasteiger partial charge in [0.25, 0.3) is 0 Å². The fourth-order valence-corrected chi connectivity index (χ4v) is 3.52. The van der Waals surface area contributed by atoms with E-state index in [0.717, 1.165) is 30.8 Å². The molecule has 2 N–H and O–H groups in total. The Bertz CT molecular complexity index is 812. The zero-order valence-electron chi connectivity index (χ0n) is 15.2. The van der Waals surface area contributed by atoms with Crippen molar-refractivity contribution in [2.24, 2.45) is 4.99 Å². The largest absolute Gasteiger partial charge is 0.384 e. The summed E-state index contributed by atoms with van der Waals surface area (Å²) in [6.07, 6.45) is 16.2. The summed E-state index contributed by atoms with van der Waals surface area (Å²) in [7, 11) is 0. The molecule has 0 spiro atoms. The molecule has 1 aliphatic carbocycles. The van der Waals surface area contributed by atoms with Crippen LogP contribution in [0.3, 0.4) is 0 Å². The topological polar surface area (TPSA) is 52.6 Å². The zero-order valence-corrected chi connectivity index (χ0v) is 15.2. The Morgan fingerprint density at radius 3 is 3.08 bits per heavy atom. The van der Waals surface area contributed by atoms with Crippen molar-refractivity contribution >= 4 is 5.87 Å². The maximum atomic E-state index is 4.54. The van der Waals surface area contributed by atoms with Gasteiger partial charge in [0.05, 0.1) is 11.4 Å². The zero-order chi connectivity index (χ0) is 17.8. The van der Waals surface area contributed by atoms with Gasteiger partial charge in [0.1, 0.15) is 6.17 Å². The number of rotatable bonds is 5. The molecule has 2 aliphatic heterocycles. The molecule has 1 aromatic heterocycles. The number of aromatic nitrogens is 1. The molecule has 1 unspecified atom stereocenters. The summed E-state index contributed by atoms with van der Waals surface area (Å²) in [6, 6.07) is 4.06. The first-order chi connectivity index (χ1) is 12.8. The van der Waals surface area contributed by atoms with Gasteiger partial charge in [-0.05, 0) is 50.3 Å². The number of allylic oxidation sites excluding steroid dienone is 4. The predicted octanol–water partition coefficient (Wildman–Crippen LogP) is 3.56. The van der Waals surface area contributed by atoms with Gasteiger partial charge in [-0.15, -0.1) is 0 Å². The molecule has 3 aliphatic rings. The summed E-state index contributed by atoms with van der Waals surface area (Å²) >= 11 is 0. The fraction of sp³-hybridized carbons (Fsp3) is 0.381. The van der Waals surface area contributed by atoms with Crippen molar-refractivity contribution in [1.29, 1.82) is 0 Å². The summed E-state index contributed by atoms with van der Waals surface area (Å²) < 4.78 is 0. The Labute approximate surface area is 154 Å². The highest BCUT2D eigenvalue weighted by Gasteiger charge is 2.25. The highest BCUT2D eigenvalue weighted by atomic mass is 15.3. The SMILES string of the molecule is CC1=C=NC2CC(NCc3cccnc3)=CC(NC3=CCCCC3)=CN12. The van der Waals surface area contributed by atoms with Gasteiger partial charge in [0, 0.05) is 48.8 Å². The quantitative estimate of drug-likeness (QED) is 0.855. The van der Waals surface area contributed by atoms with Crippen LogP contribution in [0.25, 0.3) is 0 Å². The Kier molecular flexibility index (Phi) is 4.89. The van der Waals surface area contributed by atoms with Gasteiger partial charge in [-0.3, -0.25) is 4.98 Å². The van der Waals surface area contributed by atoms with Gasteiger partial charge < -0.3 is 15.5 Å². The minimum absolute atomic E-state index is 0.0854. The minimum Gasteiger partial charge on any atom is -0.384 e. The van der Waals surface area contributed by atoms with E-state index >= 15 is 0 Å². The molecule has 0 radical (unpaired) electrons. The maximum Gasteiger partial charge on any atom is 0.140 e. The molecule has 1 atom stereocenters. The normalized spacial score (nSPS) is 21.9. The fourth-order valence-electron chi connectivity index (χ4n) is 3.52. The second-order valence-electron chi connectivity index (χ2n) is 6.99. The highest BCUT2D eigenvalue weighted by Crippen LogP contribution is 2.26. The molecule has 0 aromatic carbocycles. The average Bonchev–Trinajstić information content (AvgIpc) is 2.91. The Balaban J connectivity index is 1.52. The number of fused-ring (bicyclic) bond motifs is 1. The van der Waals surface area contributed by atoms with Gasteiger partial charge in [-0.25, -0.2) is 4.99 Å². The summed E-state index contributed by atoms with van der Waals surface area (Å²) in [4.78, 5) is 10.9. The van der Waals surface area contributed by atoms with Crippen LogP contribution in [0.1, 0.15) is 44.6 Å². The first kappa shape index (κ1) is 16.7. The van der Waals surface area contributed by atoms with E-state index in [1.807, 2.05) is 12.3 Å². The number of pyridine rings is 1. The monoisotopic (exact) mass is 347 g/mol. The van der Waals surface area contributed by atoms with Crippen LogP contribution in [-0.2, 0) is 6.54 Å². The minimum atomic E-state index is 0.0854. The van der Waals surface area contributed by atoms with Crippen molar-refractivity contribution in [1.82, 2.24) is 20.5 Å². The molecule has 4 rings (SSSR count). The summed E-state index contributed by atoms with van der Waals surface area (Å²) in [5.41, 5.74) is 5.84. The van der Waals surface area contributed by atoms with Gasteiger partial charge in [-0.1, -0.05) is 12.1 Å². The second kappa shape index (κ2) is 7.63. The second-order valence-corrected chi connectivity index (χ2v) is 6.99. The summed E-state index contributed by atoms with van der Waals surface area (Å²) in [6.45, 7) is 2.82. The van der Waals surface area contributed by atoms with Crippen molar-refractivity contribution in [2.45, 2.75) is 51.7 Å². The van der Waals surface area contributed by atoms with Gasteiger partial charge in [0.15, 0.2) is 0 Å². The van der Waals surface area contributed by atoms with E-state index in [4.69, 9.17) is 0 Å². The predicted molar refractivity (Wildman–Crippen MR) is 104 cm³/mol. The number of nitrogens with one attached hydrogen (secondary N) is 2. The van der Waals surface area contributed by atoms with Crippen molar-refractivity contribution in [3.05, 3.63) is 71.2 Å². The number of hydrogen-bond donors (Lipinski definition) is 2. The third kappa shape index (κ3) is 3.89. The van der Waals surface area contributed by atoms with Crippen molar-refractivity contribution < 1.29 is 0 Å². The number of aliphatic imine (C=N–C) groups is 1. The molecule has 5 nitrogen and oxygen atoms in total. The van der Waals surface area contributed by atoms with E-state index in [-0.39, 0.29) is 6.17 Å². The van der Waals surface area contributed by atoms with Gasteiger partial charge >= 0.3 is 0 Å². The average molecular weight is 347 g/mol. The molecule has 0 saturated heterocycles. The van der Waals surface area contributed by atoms with E-state index in [2.05, 4.69) is 62.7 Å². The Morgan fingerprint density at radius 2 is 2.27 bits per heavy atom. The highest BCUT2D eigenvalue weighted by molar-refractivity contribution is 5.60. The molecular weight excluding hydrogens is 322 g/mol. The van der Waals surface area contributed by atoms with Crippen LogP contribution in [-0.4, -0.2) is 21.9 Å².